The summed E-state index contributed by atoms with van der Waals surface area (Å²) in [6.07, 6.45) is 1.89. The Morgan fingerprint density at radius 2 is 1.60 bits per heavy atom. The summed E-state index contributed by atoms with van der Waals surface area (Å²) in [7, 11) is 1.58. The molecule has 0 atom stereocenters. The quantitative estimate of drug-likeness (QED) is 0.753. The van der Waals surface area contributed by atoms with Gasteiger partial charge in [0.1, 0.15) is 5.69 Å². The Morgan fingerprint density at radius 3 is 2.28 bits per heavy atom. The van der Waals surface area contributed by atoms with Gasteiger partial charge in [0.2, 0.25) is 0 Å². The molecule has 5 nitrogen and oxygen atoms in total. The second-order valence-electron chi connectivity index (χ2n) is 5.62. The number of carbonyl (C=O) groups is 2. The second kappa shape index (κ2) is 7.49. The van der Waals surface area contributed by atoms with Crippen molar-refractivity contribution in [1.29, 1.82) is 0 Å². The first-order valence-corrected chi connectivity index (χ1v) is 8.00. The van der Waals surface area contributed by atoms with E-state index in [-0.39, 0.29) is 11.8 Å². The summed E-state index contributed by atoms with van der Waals surface area (Å²) in [5.41, 5.74) is 2.90. The molecule has 126 valence electrons. The van der Waals surface area contributed by atoms with Gasteiger partial charge in [0, 0.05) is 31.0 Å². The summed E-state index contributed by atoms with van der Waals surface area (Å²) in [6.45, 7) is 0.631. The van der Waals surface area contributed by atoms with Crippen molar-refractivity contribution in [3.05, 3.63) is 89.7 Å². The van der Waals surface area contributed by atoms with Crippen LogP contribution in [-0.4, -0.2) is 23.4 Å². The zero-order chi connectivity index (χ0) is 17.6. The van der Waals surface area contributed by atoms with Gasteiger partial charge in [0.25, 0.3) is 11.8 Å². The molecule has 2 aromatic carbocycles. The van der Waals surface area contributed by atoms with Gasteiger partial charge < -0.3 is 15.2 Å². The van der Waals surface area contributed by atoms with E-state index < -0.39 is 0 Å². The van der Waals surface area contributed by atoms with Gasteiger partial charge in [0.15, 0.2) is 0 Å². The molecule has 0 saturated carbocycles. The van der Waals surface area contributed by atoms with Crippen LogP contribution >= 0.6 is 0 Å². The maximum atomic E-state index is 12.5. The highest BCUT2D eigenvalue weighted by Gasteiger charge is 2.12. The van der Waals surface area contributed by atoms with Crippen molar-refractivity contribution < 1.29 is 9.59 Å². The van der Waals surface area contributed by atoms with Gasteiger partial charge in [-0.15, -0.1) is 0 Å². The van der Waals surface area contributed by atoms with E-state index in [0.717, 1.165) is 5.56 Å². The van der Waals surface area contributed by atoms with E-state index in [1.165, 1.54) is 0 Å². The number of hydrogen-bond donors (Lipinski definition) is 2. The Morgan fingerprint density at radius 1 is 0.880 bits per heavy atom. The van der Waals surface area contributed by atoms with Gasteiger partial charge in [-0.1, -0.05) is 30.3 Å². The van der Waals surface area contributed by atoms with E-state index in [2.05, 4.69) is 10.6 Å². The fourth-order valence-corrected chi connectivity index (χ4v) is 2.58. The fourth-order valence-electron chi connectivity index (χ4n) is 2.58. The smallest absolute Gasteiger partial charge is 0.272 e. The van der Waals surface area contributed by atoms with E-state index in [1.807, 2.05) is 47.2 Å². The van der Waals surface area contributed by atoms with Gasteiger partial charge in [-0.3, -0.25) is 9.59 Å². The van der Waals surface area contributed by atoms with Crippen molar-refractivity contribution in [2.45, 2.75) is 6.54 Å². The van der Waals surface area contributed by atoms with Crippen LogP contribution in [0.5, 0.6) is 0 Å². The zero-order valence-electron chi connectivity index (χ0n) is 13.9. The minimum atomic E-state index is -0.186. The van der Waals surface area contributed by atoms with Crippen LogP contribution in [0.2, 0.25) is 0 Å². The summed E-state index contributed by atoms with van der Waals surface area (Å²) >= 11 is 0. The number of benzene rings is 2. The van der Waals surface area contributed by atoms with Crippen LogP contribution in [0.1, 0.15) is 26.4 Å². The highest BCUT2D eigenvalue weighted by Crippen LogP contribution is 2.13. The van der Waals surface area contributed by atoms with Crippen molar-refractivity contribution in [2.75, 3.05) is 12.4 Å². The number of nitrogens with one attached hydrogen (secondary N) is 2. The summed E-state index contributed by atoms with van der Waals surface area (Å²) in [5, 5.41) is 5.43. The largest absolute Gasteiger partial charge is 0.355 e. The predicted octanol–water partition coefficient (Wildman–Crippen LogP) is 3.15. The molecule has 5 heteroatoms. The molecule has 25 heavy (non-hydrogen) atoms. The Hall–Kier alpha value is -3.34. The summed E-state index contributed by atoms with van der Waals surface area (Å²) in [5.74, 6) is -0.344. The molecule has 1 heterocycles. The molecule has 0 aliphatic rings. The first-order chi connectivity index (χ1) is 12.2. The third-order valence-electron chi connectivity index (χ3n) is 3.89. The van der Waals surface area contributed by atoms with Crippen LogP contribution in [0, 0.1) is 0 Å². The fraction of sp³-hybridized carbons (Fsp3) is 0.100. The van der Waals surface area contributed by atoms with Crippen molar-refractivity contribution >= 4 is 17.5 Å². The number of aromatic nitrogens is 1. The van der Waals surface area contributed by atoms with Crippen molar-refractivity contribution in [3.8, 4) is 0 Å². The third kappa shape index (κ3) is 3.95. The molecule has 2 N–H and O–H groups in total. The maximum Gasteiger partial charge on any atom is 0.272 e. The second-order valence-corrected chi connectivity index (χ2v) is 5.62. The normalized spacial score (nSPS) is 10.3. The molecule has 0 spiro atoms. The standard InChI is InChI=1S/C20H19N3O2/c1-21-19(24)16-9-11-17(12-10-16)22-20(25)18-8-5-13-23(18)14-15-6-3-2-4-7-15/h2-13H,14H2,1H3,(H,21,24)(H,22,25). The zero-order valence-corrected chi connectivity index (χ0v) is 13.9. The van der Waals surface area contributed by atoms with E-state index in [1.54, 1.807) is 37.4 Å². The van der Waals surface area contributed by atoms with E-state index in [4.69, 9.17) is 0 Å². The SMILES string of the molecule is CNC(=O)c1ccc(NC(=O)c2cccn2Cc2ccccc2)cc1. The van der Waals surface area contributed by atoms with E-state index in [0.29, 0.717) is 23.5 Å². The lowest BCUT2D eigenvalue weighted by Crippen LogP contribution is -2.18. The Bertz CT molecular complexity index is 867. The highest BCUT2D eigenvalue weighted by molar-refractivity contribution is 6.03. The van der Waals surface area contributed by atoms with Crippen molar-refractivity contribution in [3.63, 3.8) is 0 Å². The number of nitrogens with zero attached hydrogens (tertiary/aromatic N) is 1. The van der Waals surface area contributed by atoms with Gasteiger partial charge in [-0.25, -0.2) is 0 Å². The lowest BCUT2D eigenvalue weighted by Gasteiger charge is -2.10. The molecule has 0 aliphatic carbocycles. The maximum absolute atomic E-state index is 12.5. The summed E-state index contributed by atoms with van der Waals surface area (Å²) in [6, 6.07) is 20.4. The molecule has 0 bridgehead atoms. The number of hydrogen-bond acceptors (Lipinski definition) is 2. The number of rotatable bonds is 5. The van der Waals surface area contributed by atoms with Crippen LogP contribution in [0.25, 0.3) is 0 Å². The van der Waals surface area contributed by atoms with Crippen LogP contribution < -0.4 is 10.6 Å². The predicted molar refractivity (Wildman–Crippen MR) is 97.8 cm³/mol. The number of carbonyl (C=O) groups excluding carboxylic acids is 2. The molecule has 0 aliphatic heterocycles. The van der Waals surface area contributed by atoms with Crippen molar-refractivity contribution in [2.24, 2.45) is 0 Å². The molecule has 3 aromatic rings. The van der Waals surface area contributed by atoms with Gasteiger partial charge >= 0.3 is 0 Å². The number of anilines is 1. The highest BCUT2D eigenvalue weighted by atomic mass is 16.2. The van der Waals surface area contributed by atoms with Crippen molar-refractivity contribution in [1.82, 2.24) is 9.88 Å². The monoisotopic (exact) mass is 333 g/mol. The summed E-state index contributed by atoms with van der Waals surface area (Å²) < 4.78 is 1.91. The molecule has 0 saturated heterocycles. The molecule has 3 rings (SSSR count). The first kappa shape index (κ1) is 16.5. The molecule has 1 aromatic heterocycles. The Kier molecular flexibility index (Phi) is 4.95. The van der Waals surface area contributed by atoms with E-state index in [9.17, 15) is 9.59 Å². The first-order valence-electron chi connectivity index (χ1n) is 8.00. The van der Waals surface area contributed by atoms with Crippen LogP contribution in [0.3, 0.4) is 0 Å². The number of amides is 2. The lowest BCUT2D eigenvalue weighted by molar-refractivity contribution is 0.0962. The molecule has 2 amide bonds. The minimum absolute atomic E-state index is 0.158. The third-order valence-corrected chi connectivity index (χ3v) is 3.89. The van der Waals surface area contributed by atoms with Gasteiger partial charge in [0.05, 0.1) is 0 Å². The molecule has 0 unspecified atom stereocenters. The Balaban J connectivity index is 1.72. The molecule has 0 fully saturated rings. The molecule has 0 radical (unpaired) electrons. The Labute approximate surface area is 146 Å². The summed E-state index contributed by atoms with van der Waals surface area (Å²) in [4.78, 5) is 24.1. The van der Waals surface area contributed by atoms with Gasteiger partial charge in [-0.2, -0.15) is 0 Å². The molecular formula is C20H19N3O2. The van der Waals surface area contributed by atoms with Crippen LogP contribution in [0.4, 0.5) is 5.69 Å². The van der Waals surface area contributed by atoms with Crippen LogP contribution in [-0.2, 0) is 6.54 Å². The average Bonchev–Trinajstić information content (AvgIpc) is 3.11. The van der Waals surface area contributed by atoms with E-state index >= 15 is 0 Å². The average molecular weight is 333 g/mol. The van der Waals surface area contributed by atoms with Gasteiger partial charge in [-0.05, 0) is 42.0 Å². The topological polar surface area (TPSA) is 63.1 Å². The van der Waals surface area contributed by atoms with Crippen LogP contribution in [0.15, 0.2) is 72.9 Å². The minimum Gasteiger partial charge on any atom is -0.355 e. The lowest BCUT2D eigenvalue weighted by atomic mass is 10.2. The molecular weight excluding hydrogens is 314 g/mol.